The third kappa shape index (κ3) is 5.21. The van der Waals surface area contributed by atoms with Crippen LogP contribution in [0.2, 0.25) is 0 Å². The summed E-state index contributed by atoms with van der Waals surface area (Å²) in [5, 5.41) is 12.6. The van der Waals surface area contributed by atoms with Crippen molar-refractivity contribution < 1.29 is 14.6 Å². The molecule has 0 aliphatic heterocycles. The van der Waals surface area contributed by atoms with E-state index >= 15 is 0 Å². The van der Waals surface area contributed by atoms with Crippen LogP contribution in [0, 0.1) is 0 Å². The maximum atomic E-state index is 9.33. The van der Waals surface area contributed by atoms with Crippen molar-refractivity contribution in [3.8, 4) is 5.75 Å². The molecule has 1 atom stereocenters. The molecule has 0 saturated heterocycles. The molecule has 0 unspecified atom stereocenters. The van der Waals surface area contributed by atoms with Gasteiger partial charge in [0.05, 0.1) is 33.0 Å². The highest BCUT2D eigenvalue weighted by molar-refractivity contribution is 5.26. The van der Waals surface area contributed by atoms with Crippen molar-refractivity contribution in [1.82, 2.24) is 0 Å². The fourth-order valence-corrected chi connectivity index (χ4v) is 1.22. The van der Waals surface area contributed by atoms with E-state index in [2.05, 4.69) is 10.0 Å². The van der Waals surface area contributed by atoms with Crippen molar-refractivity contribution in [2.45, 2.75) is 12.7 Å². The van der Waals surface area contributed by atoms with Gasteiger partial charge in [-0.2, -0.15) is 0 Å². The van der Waals surface area contributed by atoms with Crippen LogP contribution in [0.5, 0.6) is 5.75 Å². The van der Waals surface area contributed by atoms with Crippen molar-refractivity contribution >= 4 is 0 Å². The molecular weight excluding hydrogens is 222 g/mol. The van der Waals surface area contributed by atoms with E-state index in [1.807, 2.05) is 24.3 Å². The summed E-state index contributed by atoms with van der Waals surface area (Å²) >= 11 is 0. The van der Waals surface area contributed by atoms with Gasteiger partial charge in [0.15, 0.2) is 0 Å². The number of nitrogens with zero attached hydrogens (tertiary/aromatic N) is 3. The number of azide groups is 1. The first-order chi connectivity index (χ1) is 8.26. The molecule has 1 aromatic carbocycles. The van der Waals surface area contributed by atoms with Gasteiger partial charge in [0.1, 0.15) is 5.75 Å². The molecule has 0 heterocycles. The van der Waals surface area contributed by atoms with Gasteiger partial charge in [-0.05, 0) is 23.2 Å². The lowest BCUT2D eigenvalue weighted by atomic mass is 10.2. The zero-order valence-corrected chi connectivity index (χ0v) is 9.61. The quantitative estimate of drug-likeness (QED) is 0.446. The minimum absolute atomic E-state index is 0.0269. The minimum atomic E-state index is -0.760. The molecule has 6 heteroatoms. The summed E-state index contributed by atoms with van der Waals surface area (Å²) in [6.07, 6.45) is -0.760. The fraction of sp³-hybridized carbons (Fsp3) is 0.455. The molecule has 0 saturated carbocycles. The second-order valence-corrected chi connectivity index (χ2v) is 3.43. The Kier molecular flexibility index (Phi) is 5.88. The number of aliphatic hydroxyl groups is 1. The van der Waals surface area contributed by atoms with E-state index in [1.54, 1.807) is 7.11 Å². The van der Waals surface area contributed by atoms with Crippen LogP contribution in [0.25, 0.3) is 10.4 Å². The molecule has 92 valence electrons. The van der Waals surface area contributed by atoms with Crippen molar-refractivity contribution in [3.63, 3.8) is 0 Å². The molecule has 0 aromatic heterocycles. The van der Waals surface area contributed by atoms with E-state index < -0.39 is 6.10 Å². The standard InChI is InChI=1S/C11H15N3O3/c1-16-11-4-2-9(3-5-11)7-17-8-10(15)6-13-14-12/h2-5,10,15H,6-8H2,1H3/t10-/m0/s1. The summed E-state index contributed by atoms with van der Waals surface area (Å²) < 4.78 is 10.3. The Balaban J connectivity index is 2.27. The van der Waals surface area contributed by atoms with E-state index in [4.69, 9.17) is 15.0 Å². The highest BCUT2D eigenvalue weighted by atomic mass is 16.5. The highest BCUT2D eigenvalue weighted by Gasteiger charge is 2.02. The van der Waals surface area contributed by atoms with Gasteiger partial charge < -0.3 is 14.6 Å². The fourth-order valence-electron chi connectivity index (χ4n) is 1.22. The number of hydrogen-bond acceptors (Lipinski definition) is 4. The number of methoxy groups -OCH3 is 1. The zero-order valence-electron chi connectivity index (χ0n) is 9.61. The first-order valence-electron chi connectivity index (χ1n) is 5.16. The molecule has 1 aromatic rings. The minimum Gasteiger partial charge on any atom is -0.497 e. The maximum absolute atomic E-state index is 9.33. The van der Waals surface area contributed by atoms with Gasteiger partial charge in [-0.3, -0.25) is 0 Å². The van der Waals surface area contributed by atoms with Gasteiger partial charge in [-0.15, -0.1) is 0 Å². The van der Waals surface area contributed by atoms with Crippen LogP contribution in [0.4, 0.5) is 0 Å². The lowest BCUT2D eigenvalue weighted by Gasteiger charge is -2.08. The monoisotopic (exact) mass is 237 g/mol. The Hall–Kier alpha value is -1.75. The lowest BCUT2D eigenvalue weighted by Crippen LogP contribution is -2.18. The van der Waals surface area contributed by atoms with E-state index in [0.29, 0.717) is 6.61 Å². The topological polar surface area (TPSA) is 87.5 Å². The predicted octanol–water partition coefficient (Wildman–Crippen LogP) is 1.88. The SMILES string of the molecule is COc1ccc(COC[C@@H](O)CN=[N+]=[N-])cc1. The Morgan fingerprint density at radius 2 is 2.12 bits per heavy atom. The maximum Gasteiger partial charge on any atom is 0.118 e. The lowest BCUT2D eigenvalue weighted by molar-refractivity contribution is 0.0329. The van der Waals surface area contributed by atoms with Crippen LogP contribution in [0.1, 0.15) is 5.56 Å². The van der Waals surface area contributed by atoms with Gasteiger partial charge in [0.25, 0.3) is 0 Å². The second kappa shape index (κ2) is 7.51. The molecule has 1 N–H and O–H groups in total. The molecule has 1 rings (SSSR count). The molecular formula is C11H15N3O3. The summed E-state index contributed by atoms with van der Waals surface area (Å²) in [6, 6.07) is 7.46. The van der Waals surface area contributed by atoms with Crippen LogP contribution in [-0.2, 0) is 11.3 Å². The summed E-state index contributed by atoms with van der Waals surface area (Å²) in [7, 11) is 1.61. The predicted molar refractivity (Wildman–Crippen MR) is 62.7 cm³/mol. The van der Waals surface area contributed by atoms with Crippen molar-refractivity contribution in [3.05, 3.63) is 40.3 Å². The van der Waals surface area contributed by atoms with Gasteiger partial charge in [0.2, 0.25) is 0 Å². The smallest absolute Gasteiger partial charge is 0.118 e. The van der Waals surface area contributed by atoms with E-state index in [9.17, 15) is 5.11 Å². The van der Waals surface area contributed by atoms with Crippen LogP contribution in [0.15, 0.2) is 29.4 Å². The van der Waals surface area contributed by atoms with Crippen LogP contribution >= 0.6 is 0 Å². The Morgan fingerprint density at radius 1 is 1.41 bits per heavy atom. The second-order valence-electron chi connectivity index (χ2n) is 3.43. The molecule has 0 aliphatic carbocycles. The number of aliphatic hydroxyl groups excluding tert-OH is 1. The Labute approximate surface area is 99.4 Å². The van der Waals surface area contributed by atoms with Crippen LogP contribution in [0.3, 0.4) is 0 Å². The molecule has 0 aliphatic rings. The largest absolute Gasteiger partial charge is 0.497 e. The third-order valence-electron chi connectivity index (χ3n) is 2.09. The van der Waals surface area contributed by atoms with E-state index in [1.165, 1.54) is 0 Å². The molecule has 0 fully saturated rings. The number of rotatable bonds is 7. The van der Waals surface area contributed by atoms with E-state index in [0.717, 1.165) is 11.3 Å². The Bertz CT molecular complexity index is 374. The Morgan fingerprint density at radius 3 is 2.71 bits per heavy atom. The summed E-state index contributed by atoms with van der Waals surface area (Å²) in [5.41, 5.74) is 9.05. The molecule has 6 nitrogen and oxygen atoms in total. The molecule has 17 heavy (non-hydrogen) atoms. The first-order valence-corrected chi connectivity index (χ1v) is 5.16. The van der Waals surface area contributed by atoms with Crippen LogP contribution < -0.4 is 4.74 Å². The van der Waals surface area contributed by atoms with Crippen molar-refractivity contribution in [2.75, 3.05) is 20.3 Å². The first kappa shape index (κ1) is 13.3. The van der Waals surface area contributed by atoms with Crippen LogP contribution in [-0.4, -0.2) is 31.5 Å². The van der Waals surface area contributed by atoms with Crippen molar-refractivity contribution in [2.24, 2.45) is 5.11 Å². The number of hydrogen-bond donors (Lipinski definition) is 1. The zero-order chi connectivity index (χ0) is 12.5. The van der Waals surface area contributed by atoms with Crippen molar-refractivity contribution in [1.29, 1.82) is 0 Å². The molecule has 0 spiro atoms. The molecule has 0 radical (unpaired) electrons. The summed E-state index contributed by atoms with van der Waals surface area (Å²) in [4.78, 5) is 2.56. The normalized spacial score (nSPS) is 11.6. The average molecular weight is 237 g/mol. The van der Waals surface area contributed by atoms with Gasteiger partial charge >= 0.3 is 0 Å². The van der Waals surface area contributed by atoms with Gasteiger partial charge in [-0.25, -0.2) is 0 Å². The number of ether oxygens (including phenoxy) is 2. The van der Waals surface area contributed by atoms with Gasteiger partial charge in [0, 0.05) is 4.91 Å². The summed E-state index contributed by atoms with van der Waals surface area (Å²) in [5.74, 6) is 0.789. The van der Waals surface area contributed by atoms with Gasteiger partial charge in [-0.1, -0.05) is 17.2 Å². The average Bonchev–Trinajstić information content (AvgIpc) is 2.37. The molecule has 0 bridgehead atoms. The highest BCUT2D eigenvalue weighted by Crippen LogP contribution is 2.11. The van der Waals surface area contributed by atoms with E-state index in [-0.39, 0.29) is 13.2 Å². The summed E-state index contributed by atoms with van der Waals surface area (Å²) in [6.45, 7) is 0.571. The third-order valence-corrected chi connectivity index (χ3v) is 2.09. The molecule has 0 amide bonds. The number of benzene rings is 1.